The van der Waals surface area contributed by atoms with Crippen molar-refractivity contribution in [2.75, 3.05) is 36.0 Å². The molecule has 40 heavy (non-hydrogen) atoms. The number of benzene rings is 2. The van der Waals surface area contributed by atoms with E-state index in [0.29, 0.717) is 24.1 Å². The van der Waals surface area contributed by atoms with Crippen molar-refractivity contribution in [3.05, 3.63) is 77.3 Å². The summed E-state index contributed by atoms with van der Waals surface area (Å²) in [6.45, 7) is 6.91. The summed E-state index contributed by atoms with van der Waals surface area (Å²) < 4.78 is 0.972. The lowest BCUT2D eigenvalue weighted by atomic mass is 10.0. The van der Waals surface area contributed by atoms with Gasteiger partial charge in [-0.15, -0.1) is 11.3 Å². The van der Waals surface area contributed by atoms with Gasteiger partial charge in [0.05, 0.1) is 0 Å². The van der Waals surface area contributed by atoms with Crippen molar-refractivity contribution in [3.8, 4) is 11.1 Å². The average Bonchev–Trinajstić information content (AvgIpc) is 3.60. The normalized spacial score (nSPS) is 15.5. The number of nitrogens with one attached hydrogen (secondary N) is 3. The molecule has 9 heteroatoms. The summed E-state index contributed by atoms with van der Waals surface area (Å²) in [5.41, 5.74) is 11.6. The minimum absolute atomic E-state index is 0.112. The highest BCUT2D eigenvalue weighted by Gasteiger charge is 2.22. The van der Waals surface area contributed by atoms with Crippen molar-refractivity contribution in [1.82, 2.24) is 15.2 Å². The number of nitrogens with zero attached hydrogens (tertiary/aromatic N) is 2. The average molecular weight is 555 g/mol. The number of fused-ring (bicyclic) bond motifs is 1. The first kappa shape index (κ1) is 27.4. The van der Waals surface area contributed by atoms with Crippen LogP contribution in [-0.4, -0.2) is 47.5 Å². The minimum Gasteiger partial charge on any atom is -0.383 e. The fourth-order valence-corrected chi connectivity index (χ4v) is 6.23. The predicted molar refractivity (Wildman–Crippen MR) is 166 cm³/mol. The number of urea groups is 1. The fraction of sp³-hybridized carbons (Fsp3) is 0.258. The third-order valence-electron chi connectivity index (χ3n) is 7.21. The van der Waals surface area contributed by atoms with Crippen molar-refractivity contribution in [2.24, 2.45) is 0 Å². The third kappa shape index (κ3) is 6.32. The molecule has 206 valence electrons. The van der Waals surface area contributed by atoms with Gasteiger partial charge in [0.2, 0.25) is 5.91 Å². The van der Waals surface area contributed by atoms with Gasteiger partial charge >= 0.3 is 6.03 Å². The molecule has 3 heterocycles. The molecule has 5 rings (SSSR count). The molecule has 8 nitrogen and oxygen atoms in total. The zero-order valence-corrected chi connectivity index (χ0v) is 23.6. The second-order valence-electron chi connectivity index (χ2n) is 9.98. The van der Waals surface area contributed by atoms with Crippen LogP contribution >= 0.6 is 11.3 Å². The molecule has 1 fully saturated rings. The number of nitrogens with two attached hydrogens (primary N) is 1. The van der Waals surface area contributed by atoms with E-state index in [9.17, 15) is 9.59 Å². The number of aromatic nitrogens is 1. The Morgan fingerprint density at radius 3 is 2.73 bits per heavy atom. The Morgan fingerprint density at radius 2 is 1.95 bits per heavy atom. The molecule has 3 amide bonds. The number of rotatable bonds is 8. The number of anilines is 3. The Bertz CT molecular complexity index is 1550. The highest BCUT2D eigenvalue weighted by Crippen LogP contribution is 2.39. The molecule has 1 unspecified atom stereocenters. The van der Waals surface area contributed by atoms with Crippen molar-refractivity contribution >= 4 is 56.6 Å². The van der Waals surface area contributed by atoms with Crippen LogP contribution in [0.3, 0.4) is 0 Å². The highest BCUT2D eigenvalue weighted by molar-refractivity contribution is 7.18. The lowest BCUT2D eigenvalue weighted by Gasteiger charge is -2.22. The maximum Gasteiger partial charge on any atom is 0.323 e. The Hall–Kier alpha value is -4.21. The van der Waals surface area contributed by atoms with Gasteiger partial charge in [0.1, 0.15) is 5.82 Å². The van der Waals surface area contributed by atoms with E-state index in [1.807, 2.05) is 60.8 Å². The summed E-state index contributed by atoms with van der Waals surface area (Å²) in [4.78, 5) is 31.8. The Kier molecular flexibility index (Phi) is 8.42. The van der Waals surface area contributed by atoms with E-state index in [4.69, 9.17) is 5.73 Å². The molecule has 0 aliphatic carbocycles. The molecule has 1 aliphatic rings. The lowest BCUT2D eigenvalue weighted by Crippen LogP contribution is -2.39. The number of carbonyl (C=O) groups excluding carboxylic acids is 2. The molecule has 1 aliphatic heterocycles. The van der Waals surface area contributed by atoms with Crippen LogP contribution in [0.5, 0.6) is 0 Å². The van der Waals surface area contributed by atoms with Gasteiger partial charge in [0.15, 0.2) is 0 Å². The summed E-state index contributed by atoms with van der Waals surface area (Å²) >= 11 is 1.57. The van der Waals surface area contributed by atoms with Crippen LogP contribution in [0.2, 0.25) is 0 Å². The van der Waals surface area contributed by atoms with E-state index < -0.39 is 0 Å². The maximum atomic E-state index is 12.5. The lowest BCUT2D eigenvalue weighted by molar-refractivity contribution is -0.116. The van der Waals surface area contributed by atoms with Gasteiger partial charge in [0.25, 0.3) is 0 Å². The predicted octanol–water partition coefficient (Wildman–Crippen LogP) is 6.11. The molecule has 2 aromatic carbocycles. The number of amides is 3. The zero-order valence-electron chi connectivity index (χ0n) is 22.7. The molecule has 2 aromatic heterocycles. The summed E-state index contributed by atoms with van der Waals surface area (Å²) in [6, 6.07) is 15.4. The molecular formula is C31H34N6O2S. The van der Waals surface area contributed by atoms with E-state index in [1.165, 1.54) is 6.42 Å². The molecule has 0 bridgehead atoms. The van der Waals surface area contributed by atoms with Crippen molar-refractivity contribution in [1.29, 1.82) is 0 Å². The number of likely N-dealkylation sites (tertiary alicyclic amines) is 1. The molecule has 0 radical (unpaired) electrons. The number of hydrogen-bond donors (Lipinski definition) is 4. The summed E-state index contributed by atoms with van der Waals surface area (Å²) in [6.07, 6.45) is 7.38. The topological polar surface area (TPSA) is 112 Å². The van der Waals surface area contributed by atoms with E-state index in [-0.39, 0.29) is 11.9 Å². The first-order chi connectivity index (χ1) is 19.4. The van der Waals surface area contributed by atoms with Crippen LogP contribution in [0.15, 0.2) is 66.2 Å². The summed E-state index contributed by atoms with van der Waals surface area (Å²) in [5, 5.41) is 11.7. The number of nitrogen functional groups attached to an aromatic ring is 1. The van der Waals surface area contributed by atoms with Gasteiger partial charge in [0, 0.05) is 57.4 Å². The molecule has 0 spiro atoms. The summed E-state index contributed by atoms with van der Waals surface area (Å²) in [7, 11) is 0. The van der Waals surface area contributed by atoms with Crippen molar-refractivity contribution < 1.29 is 9.59 Å². The van der Waals surface area contributed by atoms with Gasteiger partial charge in [-0.05, 0) is 79.7 Å². The fourth-order valence-electron chi connectivity index (χ4n) is 5.15. The summed E-state index contributed by atoms with van der Waals surface area (Å²) in [5.74, 6) is 0.327. The molecule has 5 N–H and O–H groups in total. The Labute approximate surface area is 238 Å². The first-order valence-corrected chi connectivity index (χ1v) is 14.4. The molecule has 4 aromatic rings. The van der Waals surface area contributed by atoms with Crippen LogP contribution in [0.25, 0.3) is 27.3 Å². The monoisotopic (exact) mass is 554 g/mol. The number of hydrogen-bond acceptors (Lipinski definition) is 6. The van der Waals surface area contributed by atoms with E-state index in [0.717, 1.165) is 57.5 Å². The smallest absolute Gasteiger partial charge is 0.323 e. The van der Waals surface area contributed by atoms with Gasteiger partial charge in [-0.2, -0.15) is 0 Å². The quantitative estimate of drug-likeness (QED) is 0.196. The second-order valence-corrected chi connectivity index (χ2v) is 10.9. The minimum atomic E-state index is -0.306. The highest BCUT2D eigenvalue weighted by atomic mass is 32.1. The second kappa shape index (κ2) is 12.3. The van der Waals surface area contributed by atoms with Crippen LogP contribution < -0.4 is 21.7 Å². The van der Waals surface area contributed by atoms with Gasteiger partial charge in [-0.3, -0.25) is 9.69 Å². The number of pyridine rings is 1. The Balaban J connectivity index is 1.26. The SMILES string of the molecule is CCN1CCCC1CNC(=O)/C=C/c1cnc(N)c2c(-c3ccc(NC(=O)Nc4cccc(C)c4)cc3)csc12. The van der Waals surface area contributed by atoms with Crippen molar-refractivity contribution in [2.45, 2.75) is 32.7 Å². The van der Waals surface area contributed by atoms with Crippen LogP contribution in [0.4, 0.5) is 22.0 Å². The van der Waals surface area contributed by atoms with E-state index >= 15 is 0 Å². The maximum absolute atomic E-state index is 12.5. The van der Waals surface area contributed by atoms with Gasteiger partial charge in [-0.25, -0.2) is 9.78 Å². The molecule has 1 atom stereocenters. The first-order valence-electron chi connectivity index (χ1n) is 13.5. The molecular weight excluding hydrogens is 520 g/mol. The molecule has 1 saturated heterocycles. The standard InChI is InChI=1S/C31H34N6O2S/c1-3-37-15-5-8-25(37)18-33-27(38)14-11-22-17-34-30(32)28-26(19-40-29(22)28)21-9-12-23(13-10-21)35-31(39)36-24-7-4-6-20(2)16-24/h4,6-7,9-14,16-17,19,25H,3,5,8,15,18H2,1-2H3,(H2,32,34)(H,33,38)(H2,35,36,39)/b14-11+. The Morgan fingerprint density at radius 1 is 1.15 bits per heavy atom. The number of thiophene rings is 1. The van der Waals surface area contributed by atoms with Crippen LogP contribution in [0, 0.1) is 6.92 Å². The molecule has 0 saturated carbocycles. The van der Waals surface area contributed by atoms with Crippen molar-refractivity contribution in [3.63, 3.8) is 0 Å². The van der Waals surface area contributed by atoms with E-state index in [2.05, 4.69) is 32.8 Å². The third-order valence-corrected chi connectivity index (χ3v) is 8.24. The largest absolute Gasteiger partial charge is 0.383 e. The van der Waals surface area contributed by atoms with Gasteiger partial charge in [-0.1, -0.05) is 31.2 Å². The van der Waals surface area contributed by atoms with Gasteiger partial charge < -0.3 is 21.7 Å². The van der Waals surface area contributed by atoms with Crippen LogP contribution in [-0.2, 0) is 4.79 Å². The number of carbonyl (C=O) groups is 2. The van der Waals surface area contributed by atoms with E-state index in [1.54, 1.807) is 29.7 Å². The number of likely N-dealkylation sites (N-methyl/N-ethyl adjacent to an activating group) is 1. The number of aryl methyl sites for hydroxylation is 1. The zero-order chi connectivity index (χ0) is 28.1. The van der Waals surface area contributed by atoms with Crippen LogP contribution in [0.1, 0.15) is 30.9 Å².